The molecule has 3 rings (SSSR count). The lowest BCUT2D eigenvalue weighted by Crippen LogP contribution is -2.47. The maximum absolute atomic E-state index is 13.4. The highest BCUT2D eigenvalue weighted by molar-refractivity contribution is 5.90. The van der Waals surface area contributed by atoms with Crippen LogP contribution in [0.2, 0.25) is 0 Å². The molecule has 2 amide bonds. The van der Waals surface area contributed by atoms with E-state index in [4.69, 9.17) is 9.47 Å². The van der Waals surface area contributed by atoms with Crippen LogP contribution in [0, 0.1) is 6.92 Å². The van der Waals surface area contributed by atoms with E-state index in [1.54, 1.807) is 39.0 Å². The number of rotatable bonds is 4. The lowest BCUT2D eigenvalue weighted by Gasteiger charge is -2.42. The van der Waals surface area contributed by atoms with Gasteiger partial charge in [0, 0.05) is 12.6 Å². The van der Waals surface area contributed by atoms with Gasteiger partial charge in [-0.15, -0.1) is 0 Å². The van der Waals surface area contributed by atoms with Crippen LogP contribution in [0.4, 0.5) is 41.6 Å². The van der Waals surface area contributed by atoms with Crippen molar-refractivity contribution in [2.45, 2.75) is 58.2 Å². The molecule has 37 heavy (non-hydrogen) atoms. The first kappa shape index (κ1) is 28.1. The van der Waals surface area contributed by atoms with E-state index in [9.17, 15) is 35.9 Å². The maximum Gasteiger partial charge on any atom is 0.416 e. The zero-order chi connectivity index (χ0) is 27.7. The Labute approximate surface area is 209 Å². The van der Waals surface area contributed by atoms with Gasteiger partial charge in [-0.1, -0.05) is 17.7 Å². The molecular weight excluding hydrogens is 506 g/mol. The Morgan fingerprint density at radius 1 is 1.03 bits per heavy atom. The monoisotopic (exact) mass is 532 g/mol. The molecule has 0 fully saturated rings. The molecule has 1 aliphatic rings. The number of carbonyl (C=O) groups excluding carboxylic acids is 2. The molecule has 0 bridgehead atoms. The number of ether oxygens (including phenoxy) is 2. The molecule has 0 radical (unpaired) electrons. The van der Waals surface area contributed by atoms with Crippen molar-refractivity contribution < 1.29 is 45.4 Å². The van der Waals surface area contributed by atoms with Crippen molar-refractivity contribution in [3.8, 4) is 0 Å². The summed E-state index contributed by atoms with van der Waals surface area (Å²) in [4.78, 5) is 28.0. The van der Waals surface area contributed by atoms with Gasteiger partial charge in [0.25, 0.3) is 0 Å². The first-order valence-electron chi connectivity index (χ1n) is 11.4. The summed E-state index contributed by atoms with van der Waals surface area (Å²) in [6.45, 7) is 4.65. The molecule has 0 saturated carbocycles. The highest BCUT2D eigenvalue weighted by atomic mass is 19.4. The number of methoxy groups -OCH3 is 1. The standard InChI is InChI=1S/C25H26F6N2O4/c1-5-37-23(35)33-15(3)9-21(19-8-14(2)6-7-20(19)33)32(22(34)36-4)13-16-10-17(24(26,27)28)12-18(11-16)25(29,30)31/h6-8,10-12,15,21H,5,9,13H2,1-4H3. The quantitative estimate of drug-likeness (QED) is 0.394. The number of carbonyl (C=O) groups is 2. The van der Waals surface area contributed by atoms with Gasteiger partial charge in [0.15, 0.2) is 0 Å². The number of hydrogen-bond acceptors (Lipinski definition) is 4. The lowest BCUT2D eigenvalue weighted by atomic mass is 9.89. The summed E-state index contributed by atoms with van der Waals surface area (Å²) < 4.78 is 90.5. The second kappa shape index (κ2) is 10.5. The van der Waals surface area contributed by atoms with Crippen LogP contribution < -0.4 is 4.90 Å². The molecule has 202 valence electrons. The molecule has 2 atom stereocenters. The van der Waals surface area contributed by atoms with Gasteiger partial charge in [0.2, 0.25) is 0 Å². The van der Waals surface area contributed by atoms with Gasteiger partial charge < -0.3 is 9.47 Å². The highest BCUT2D eigenvalue weighted by Crippen LogP contribution is 2.43. The van der Waals surface area contributed by atoms with Crippen LogP contribution in [-0.4, -0.2) is 36.8 Å². The van der Waals surface area contributed by atoms with E-state index in [1.807, 2.05) is 0 Å². The number of fused-ring (bicyclic) bond motifs is 1. The zero-order valence-electron chi connectivity index (χ0n) is 20.5. The molecule has 0 aliphatic carbocycles. The van der Waals surface area contributed by atoms with E-state index in [-0.39, 0.29) is 24.7 Å². The number of anilines is 1. The number of aryl methyl sites for hydroxylation is 1. The SMILES string of the molecule is CCOC(=O)N1c2ccc(C)cc2C(N(Cc2cc(C(F)(F)F)cc(C(F)(F)F)c2)C(=O)OC)CC1C. The van der Waals surface area contributed by atoms with Crippen LogP contribution in [0.1, 0.15) is 54.1 Å². The number of benzene rings is 2. The first-order chi connectivity index (χ1) is 17.2. The Balaban J connectivity index is 2.12. The van der Waals surface area contributed by atoms with Crippen LogP contribution in [-0.2, 0) is 28.4 Å². The predicted molar refractivity (Wildman–Crippen MR) is 122 cm³/mol. The summed E-state index contributed by atoms with van der Waals surface area (Å²) in [5.41, 5.74) is -1.67. The Bertz CT molecular complexity index is 1130. The zero-order valence-corrected chi connectivity index (χ0v) is 20.5. The summed E-state index contributed by atoms with van der Waals surface area (Å²) in [6, 6.07) is 4.98. The van der Waals surface area contributed by atoms with Crippen molar-refractivity contribution in [1.29, 1.82) is 0 Å². The molecule has 2 unspecified atom stereocenters. The average molecular weight is 532 g/mol. The van der Waals surface area contributed by atoms with E-state index in [0.29, 0.717) is 23.4 Å². The molecule has 1 heterocycles. The topological polar surface area (TPSA) is 59.1 Å². The smallest absolute Gasteiger partial charge is 0.416 e. The fourth-order valence-corrected chi connectivity index (χ4v) is 4.45. The third kappa shape index (κ3) is 6.11. The van der Waals surface area contributed by atoms with Crippen LogP contribution in [0.3, 0.4) is 0 Å². The second-order valence-electron chi connectivity index (χ2n) is 8.74. The number of amides is 2. The molecule has 0 saturated heterocycles. The van der Waals surface area contributed by atoms with Gasteiger partial charge >= 0.3 is 24.5 Å². The van der Waals surface area contributed by atoms with Gasteiger partial charge in [-0.2, -0.15) is 26.3 Å². The van der Waals surface area contributed by atoms with Crippen molar-refractivity contribution in [1.82, 2.24) is 4.90 Å². The lowest BCUT2D eigenvalue weighted by molar-refractivity contribution is -0.143. The minimum Gasteiger partial charge on any atom is -0.453 e. The van der Waals surface area contributed by atoms with E-state index in [0.717, 1.165) is 17.6 Å². The van der Waals surface area contributed by atoms with Gasteiger partial charge in [0.05, 0.1) is 36.6 Å². The molecule has 0 spiro atoms. The maximum atomic E-state index is 13.4. The third-order valence-electron chi connectivity index (χ3n) is 6.06. The van der Waals surface area contributed by atoms with Crippen molar-refractivity contribution in [2.24, 2.45) is 0 Å². The summed E-state index contributed by atoms with van der Waals surface area (Å²) >= 11 is 0. The van der Waals surface area contributed by atoms with Crippen LogP contribution in [0.5, 0.6) is 0 Å². The average Bonchev–Trinajstić information content (AvgIpc) is 2.80. The van der Waals surface area contributed by atoms with Crippen molar-refractivity contribution in [2.75, 3.05) is 18.6 Å². The van der Waals surface area contributed by atoms with Crippen molar-refractivity contribution in [3.63, 3.8) is 0 Å². The minimum absolute atomic E-state index is 0.0323. The number of alkyl halides is 6. The van der Waals surface area contributed by atoms with Crippen LogP contribution in [0.15, 0.2) is 36.4 Å². The normalized spacial score (nSPS) is 17.7. The molecule has 6 nitrogen and oxygen atoms in total. The first-order valence-corrected chi connectivity index (χ1v) is 11.4. The largest absolute Gasteiger partial charge is 0.453 e. The Morgan fingerprint density at radius 3 is 2.14 bits per heavy atom. The summed E-state index contributed by atoms with van der Waals surface area (Å²) in [6.07, 6.45) is -11.5. The number of hydrogen-bond donors (Lipinski definition) is 0. The summed E-state index contributed by atoms with van der Waals surface area (Å²) in [5, 5.41) is 0. The summed E-state index contributed by atoms with van der Waals surface area (Å²) in [5.74, 6) is 0. The Kier molecular flexibility index (Phi) is 7.99. The van der Waals surface area contributed by atoms with Crippen molar-refractivity contribution in [3.05, 3.63) is 64.2 Å². The number of halogens is 6. The van der Waals surface area contributed by atoms with Crippen molar-refractivity contribution >= 4 is 17.9 Å². The molecule has 0 N–H and O–H groups in total. The summed E-state index contributed by atoms with van der Waals surface area (Å²) in [7, 11) is 1.07. The van der Waals surface area contributed by atoms with Gasteiger partial charge in [-0.25, -0.2) is 9.59 Å². The fraction of sp³-hybridized carbons (Fsp3) is 0.440. The minimum atomic E-state index is -5.03. The Morgan fingerprint density at radius 2 is 1.62 bits per heavy atom. The highest BCUT2D eigenvalue weighted by Gasteiger charge is 2.41. The van der Waals surface area contributed by atoms with E-state index < -0.39 is 54.3 Å². The van der Waals surface area contributed by atoms with E-state index in [2.05, 4.69) is 0 Å². The van der Waals surface area contributed by atoms with Gasteiger partial charge in [-0.05, 0) is 62.6 Å². The molecule has 2 aromatic carbocycles. The third-order valence-corrected chi connectivity index (χ3v) is 6.06. The predicted octanol–water partition coefficient (Wildman–Crippen LogP) is 7.10. The Hall–Kier alpha value is -3.44. The number of nitrogens with zero attached hydrogens (tertiary/aromatic N) is 2. The molecular formula is C25H26F6N2O4. The van der Waals surface area contributed by atoms with Gasteiger partial charge in [-0.3, -0.25) is 9.80 Å². The van der Waals surface area contributed by atoms with Gasteiger partial charge in [0.1, 0.15) is 0 Å². The fourth-order valence-electron chi connectivity index (χ4n) is 4.45. The van der Waals surface area contributed by atoms with E-state index >= 15 is 0 Å². The second-order valence-corrected chi connectivity index (χ2v) is 8.74. The van der Waals surface area contributed by atoms with E-state index in [1.165, 1.54) is 4.90 Å². The van der Waals surface area contributed by atoms with Crippen LogP contribution >= 0.6 is 0 Å². The molecule has 12 heteroatoms. The molecule has 2 aromatic rings. The molecule has 1 aliphatic heterocycles. The van der Waals surface area contributed by atoms with Crippen LogP contribution in [0.25, 0.3) is 0 Å². The molecule has 0 aromatic heterocycles.